The summed E-state index contributed by atoms with van der Waals surface area (Å²) in [7, 11) is 3.84. The molecule has 1 aromatic rings. The van der Waals surface area contributed by atoms with Gasteiger partial charge in [-0.3, -0.25) is 14.4 Å². The molecule has 0 spiro atoms. The Kier molecular flexibility index (Phi) is 3.24. The van der Waals surface area contributed by atoms with E-state index in [9.17, 15) is 4.79 Å². The molecule has 1 aliphatic heterocycles. The van der Waals surface area contributed by atoms with Gasteiger partial charge in [0.25, 0.3) is 0 Å². The van der Waals surface area contributed by atoms with Crippen LogP contribution in [0, 0.1) is 0 Å². The summed E-state index contributed by atoms with van der Waals surface area (Å²) >= 11 is 0. The molecule has 1 unspecified atom stereocenters. The van der Waals surface area contributed by atoms with Gasteiger partial charge in [0, 0.05) is 13.2 Å². The molecule has 1 saturated heterocycles. The van der Waals surface area contributed by atoms with Gasteiger partial charge in [0.15, 0.2) is 0 Å². The molecule has 1 N–H and O–H groups in total. The predicted octanol–water partition coefficient (Wildman–Crippen LogP) is 0.843. The van der Waals surface area contributed by atoms with Gasteiger partial charge in [-0.05, 0) is 26.4 Å². The zero-order chi connectivity index (χ0) is 11.5. The average Bonchev–Trinajstić information content (AvgIpc) is 2.64. The lowest BCUT2D eigenvalue weighted by Crippen LogP contribution is -2.44. The lowest BCUT2D eigenvalue weighted by molar-refractivity contribution is -0.121. The minimum atomic E-state index is 0.00829. The Morgan fingerprint density at radius 2 is 2.31 bits per heavy atom. The van der Waals surface area contributed by atoms with Crippen LogP contribution in [0.1, 0.15) is 19.3 Å². The van der Waals surface area contributed by atoms with E-state index in [4.69, 9.17) is 0 Å². The minimum absolute atomic E-state index is 0.00829. The summed E-state index contributed by atoms with van der Waals surface area (Å²) < 4.78 is 1.68. The summed E-state index contributed by atoms with van der Waals surface area (Å²) in [5.41, 5.74) is 0.770. The predicted molar refractivity (Wildman–Crippen MR) is 62.1 cm³/mol. The highest BCUT2D eigenvalue weighted by atomic mass is 16.2. The lowest BCUT2D eigenvalue weighted by Gasteiger charge is -2.30. The van der Waals surface area contributed by atoms with Crippen molar-refractivity contribution in [1.29, 1.82) is 0 Å². The molecule has 1 amide bonds. The van der Waals surface area contributed by atoms with Gasteiger partial charge in [0.2, 0.25) is 5.91 Å². The third-order valence-corrected chi connectivity index (χ3v) is 3.05. The van der Waals surface area contributed by atoms with Gasteiger partial charge < -0.3 is 5.32 Å². The molecule has 1 aliphatic rings. The summed E-state index contributed by atoms with van der Waals surface area (Å²) in [6, 6.07) is 0.00829. The van der Waals surface area contributed by atoms with Gasteiger partial charge in [-0.1, -0.05) is 6.42 Å². The number of likely N-dealkylation sites (N-methyl/N-ethyl adjacent to an activating group) is 1. The van der Waals surface area contributed by atoms with Crippen molar-refractivity contribution >= 4 is 11.6 Å². The topological polar surface area (TPSA) is 50.2 Å². The van der Waals surface area contributed by atoms with Crippen molar-refractivity contribution in [2.75, 3.05) is 18.9 Å². The highest BCUT2D eigenvalue weighted by Gasteiger charge is 2.25. The number of anilines is 1. The molecule has 2 rings (SSSR count). The maximum absolute atomic E-state index is 12.0. The first-order valence-corrected chi connectivity index (χ1v) is 5.66. The molecule has 5 nitrogen and oxygen atoms in total. The van der Waals surface area contributed by atoms with E-state index in [1.165, 1.54) is 6.42 Å². The number of aryl methyl sites for hydroxylation is 1. The third-order valence-electron chi connectivity index (χ3n) is 3.05. The number of aromatic nitrogens is 2. The van der Waals surface area contributed by atoms with Crippen molar-refractivity contribution in [3.05, 3.63) is 12.4 Å². The van der Waals surface area contributed by atoms with Gasteiger partial charge in [-0.25, -0.2) is 0 Å². The molecule has 0 bridgehead atoms. The largest absolute Gasteiger partial charge is 0.322 e. The van der Waals surface area contributed by atoms with Crippen molar-refractivity contribution in [2.45, 2.75) is 25.3 Å². The second-order valence-electron chi connectivity index (χ2n) is 4.38. The molecule has 2 heterocycles. The minimum Gasteiger partial charge on any atom is -0.322 e. The van der Waals surface area contributed by atoms with Crippen LogP contribution < -0.4 is 5.32 Å². The van der Waals surface area contributed by atoms with Crippen LogP contribution in [0.5, 0.6) is 0 Å². The number of piperidine rings is 1. The fourth-order valence-corrected chi connectivity index (χ4v) is 2.12. The number of amides is 1. The van der Waals surface area contributed by atoms with Crippen LogP contribution in [0.15, 0.2) is 12.4 Å². The maximum atomic E-state index is 12.0. The van der Waals surface area contributed by atoms with Crippen LogP contribution >= 0.6 is 0 Å². The average molecular weight is 222 g/mol. The van der Waals surface area contributed by atoms with Gasteiger partial charge in [0.05, 0.1) is 17.9 Å². The molecule has 16 heavy (non-hydrogen) atoms. The Balaban J connectivity index is 1.96. The van der Waals surface area contributed by atoms with Crippen LogP contribution in [0.25, 0.3) is 0 Å². The Hall–Kier alpha value is -1.36. The molecule has 0 aromatic carbocycles. The first-order valence-electron chi connectivity index (χ1n) is 5.66. The first kappa shape index (κ1) is 11.1. The number of hydrogen-bond donors (Lipinski definition) is 1. The van der Waals surface area contributed by atoms with Crippen molar-refractivity contribution < 1.29 is 4.79 Å². The van der Waals surface area contributed by atoms with Crippen LogP contribution in [-0.2, 0) is 11.8 Å². The summed E-state index contributed by atoms with van der Waals surface area (Å²) in [6.07, 6.45) is 6.74. The molecule has 1 aromatic heterocycles. The molecule has 0 aliphatic carbocycles. The number of carbonyl (C=O) groups excluding carboxylic acids is 1. The molecule has 5 heteroatoms. The highest BCUT2D eigenvalue weighted by Crippen LogP contribution is 2.16. The van der Waals surface area contributed by atoms with E-state index in [1.807, 2.05) is 14.1 Å². The summed E-state index contributed by atoms with van der Waals surface area (Å²) in [5, 5.41) is 6.92. The monoisotopic (exact) mass is 222 g/mol. The summed E-state index contributed by atoms with van der Waals surface area (Å²) in [6.45, 7) is 1.01. The molecule has 88 valence electrons. The maximum Gasteiger partial charge on any atom is 0.241 e. The molecule has 0 saturated carbocycles. The Morgan fingerprint density at radius 3 is 2.94 bits per heavy atom. The van der Waals surface area contributed by atoms with Crippen molar-refractivity contribution in [3.8, 4) is 0 Å². The lowest BCUT2D eigenvalue weighted by atomic mass is 10.0. The first-order chi connectivity index (χ1) is 7.66. The van der Waals surface area contributed by atoms with Gasteiger partial charge in [-0.2, -0.15) is 5.10 Å². The number of likely N-dealkylation sites (tertiary alicyclic amines) is 1. The van der Waals surface area contributed by atoms with E-state index in [2.05, 4.69) is 15.3 Å². The fraction of sp³-hybridized carbons (Fsp3) is 0.636. The smallest absolute Gasteiger partial charge is 0.241 e. The van der Waals surface area contributed by atoms with Crippen molar-refractivity contribution in [1.82, 2.24) is 14.7 Å². The van der Waals surface area contributed by atoms with Crippen LogP contribution in [0.4, 0.5) is 5.69 Å². The Morgan fingerprint density at radius 1 is 1.50 bits per heavy atom. The second-order valence-corrected chi connectivity index (χ2v) is 4.38. The fourth-order valence-electron chi connectivity index (χ4n) is 2.12. The van der Waals surface area contributed by atoms with Crippen molar-refractivity contribution in [2.24, 2.45) is 7.05 Å². The van der Waals surface area contributed by atoms with E-state index in [0.717, 1.165) is 25.1 Å². The molecule has 1 atom stereocenters. The molecule has 0 radical (unpaired) electrons. The van der Waals surface area contributed by atoms with E-state index in [0.29, 0.717) is 0 Å². The molecular formula is C11H18N4O. The van der Waals surface area contributed by atoms with Gasteiger partial charge in [-0.15, -0.1) is 0 Å². The number of rotatable bonds is 2. The Labute approximate surface area is 95.4 Å². The molecular weight excluding hydrogens is 204 g/mol. The second kappa shape index (κ2) is 4.65. The standard InChI is InChI=1S/C11H18N4O/c1-14-6-4-3-5-10(14)11(16)13-9-7-12-15(2)8-9/h7-8,10H,3-6H2,1-2H3,(H,13,16). The zero-order valence-electron chi connectivity index (χ0n) is 9.81. The van der Waals surface area contributed by atoms with E-state index in [1.54, 1.807) is 17.1 Å². The number of carbonyl (C=O) groups is 1. The van der Waals surface area contributed by atoms with Crippen molar-refractivity contribution in [3.63, 3.8) is 0 Å². The molecule has 1 fully saturated rings. The number of nitrogens with zero attached hydrogens (tertiary/aromatic N) is 3. The Bertz CT molecular complexity index is 374. The van der Waals surface area contributed by atoms with Crippen LogP contribution in [0.3, 0.4) is 0 Å². The van der Waals surface area contributed by atoms with Gasteiger partial charge in [0.1, 0.15) is 0 Å². The van der Waals surface area contributed by atoms with Gasteiger partial charge >= 0.3 is 0 Å². The number of hydrogen-bond acceptors (Lipinski definition) is 3. The normalized spacial score (nSPS) is 22.0. The van der Waals surface area contributed by atoms with E-state index in [-0.39, 0.29) is 11.9 Å². The quantitative estimate of drug-likeness (QED) is 0.807. The SMILES string of the molecule is CN1CCCCC1C(=O)Nc1cnn(C)c1. The number of nitrogens with one attached hydrogen (secondary N) is 1. The van der Waals surface area contributed by atoms with Crippen LogP contribution in [0.2, 0.25) is 0 Å². The summed E-state index contributed by atoms with van der Waals surface area (Å²) in [5.74, 6) is 0.0789. The zero-order valence-corrected chi connectivity index (χ0v) is 9.81. The third kappa shape index (κ3) is 2.41. The highest BCUT2D eigenvalue weighted by molar-refractivity contribution is 5.94. The van der Waals surface area contributed by atoms with E-state index < -0.39 is 0 Å². The van der Waals surface area contributed by atoms with Crippen LogP contribution in [-0.4, -0.2) is 40.2 Å². The summed E-state index contributed by atoms with van der Waals surface area (Å²) in [4.78, 5) is 14.1. The van der Waals surface area contributed by atoms with E-state index >= 15 is 0 Å².